The molecule has 1 aromatic carbocycles. The number of rotatable bonds is 5. The fourth-order valence-corrected chi connectivity index (χ4v) is 4.92. The van der Waals surface area contributed by atoms with Gasteiger partial charge in [-0.1, -0.05) is 30.4 Å². The fourth-order valence-electron chi connectivity index (χ4n) is 3.75. The van der Waals surface area contributed by atoms with Gasteiger partial charge in [0.05, 0.1) is 17.5 Å². The second kappa shape index (κ2) is 7.48. The highest BCUT2D eigenvalue weighted by Crippen LogP contribution is 2.41. The van der Waals surface area contributed by atoms with Gasteiger partial charge in [-0.3, -0.25) is 4.90 Å². The summed E-state index contributed by atoms with van der Waals surface area (Å²) in [6.07, 6.45) is 2.35. The molecule has 0 saturated carbocycles. The van der Waals surface area contributed by atoms with Gasteiger partial charge in [0.15, 0.2) is 0 Å². The summed E-state index contributed by atoms with van der Waals surface area (Å²) < 4.78 is 7.15. The molecule has 0 bridgehead atoms. The van der Waals surface area contributed by atoms with Crippen LogP contribution in [-0.2, 0) is 0 Å². The molecular formula is C20H26N4O2S. The van der Waals surface area contributed by atoms with E-state index in [4.69, 9.17) is 4.74 Å². The van der Waals surface area contributed by atoms with Crippen LogP contribution in [0.2, 0.25) is 0 Å². The number of aromatic nitrogens is 3. The van der Waals surface area contributed by atoms with E-state index in [0.29, 0.717) is 12.4 Å². The van der Waals surface area contributed by atoms with Gasteiger partial charge in [0.25, 0.3) is 0 Å². The molecule has 1 atom stereocenters. The molecule has 0 unspecified atom stereocenters. The van der Waals surface area contributed by atoms with Gasteiger partial charge in [-0.25, -0.2) is 4.98 Å². The van der Waals surface area contributed by atoms with Crippen molar-refractivity contribution in [1.29, 1.82) is 0 Å². The number of hydrogen-bond donors (Lipinski definition) is 1. The predicted octanol–water partition coefficient (Wildman–Crippen LogP) is 4.02. The van der Waals surface area contributed by atoms with E-state index in [1.54, 1.807) is 4.52 Å². The molecule has 1 N–H and O–H groups in total. The van der Waals surface area contributed by atoms with Gasteiger partial charge < -0.3 is 9.84 Å². The van der Waals surface area contributed by atoms with Crippen molar-refractivity contribution in [3.63, 3.8) is 0 Å². The van der Waals surface area contributed by atoms with Crippen molar-refractivity contribution in [2.24, 2.45) is 5.92 Å². The average molecular weight is 387 g/mol. The number of hydrogen-bond acceptors (Lipinski definition) is 6. The lowest BCUT2D eigenvalue weighted by Gasteiger charge is -2.36. The minimum atomic E-state index is 0.00184. The quantitative estimate of drug-likeness (QED) is 0.717. The van der Waals surface area contributed by atoms with Crippen molar-refractivity contribution in [2.75, 3.05) is 19.7 Å². The van der Waals surface area contributed by atoms with Crippen molar-refractivity contribution in [2.45, 2.75) is 39.7 Å². The standard InChI is InChI=1S/C20H26N4O2S/c1-4-26-16-7-5-15(6-8-16)17(23-11-9-13(2)10-12-23)18-19(25)24-20(27-18)21-14(3)22-24/h5-8,13,17,25H,4,9-12H2,1-3H3/t17-/m0/s1. The van der Waals surface area contributed by atoms with Gasteiger partial charge in [0.2, 0.25) is 10.8 Å². The van der Waals surface area contributed by atoms with Gasteiger partial charge in [0.1, 0.15) is 11.6 Å². The van der Waals surface area contributed by atoms with E-state index in [1.165, 1.54) is 24.2 Å². The fraction of sp³-hybridized carbons (Fsp3) is 0.500. The third-order valence-corrected chi connectivity index (χ3v) is 6.32. The third-order valence-electron chi connectivity index (χ3n) is 5.24. The Morgan fingerprint density at radius 3 is 2.59 bits per heavy atom. The van der Waals surface area contributed by atoms with E-state index >= 15 is 0 Å². The van der Waals surface area contributed by atoms with Gasteiger partial charge in [-0.2, -0.15) is 4.52 Å². The Balaban J connectivity index is 1.74. The lowest BCUT2D eigenvalue weighted by atomic mass is 9.95. The molecule has 0 amide bonds. The zero-order valence-electron chi connectivity index (χ0n) is 16.1. The van der Waals surface area contributed by atoms with Crippen molar-refractivity contribution in [1.82, 2.24) is 19.5 Å². The van der Waals surface area contributed by atoms with E-state index in [9.17, 15) is 5.11 Å². The maximum atomic E-state index is 10.9. The normalized spacial score (nSPS) is 17.4. The highest BCUT2D eigenvalue weighted by atomic mass is 32.1. The van der Waals surface area contributed by atoms with Crippen LogP contribution in [0.15, 0.2) is 24.3 Å². The number of ether oxygens (including phenoxy) is 1. The van der Waals surface area contributed by atoms with Crippen molar-refractivity contribution in [3.05, 3.63) is 40.5 Å². The summed E-state index contributed by atoms with van der Waals surface area (Å²) in [4.78, 5) is 8.55. The van der Waals surface area contributed by atoms with Gasteiger partial charge >= 0.3 is 0 Å². The molecule has 1 fully saturated rings. The number of thiazole rings is 1. The summed E-state index contributed by atoms with van der Waals surface area (Å²) in [7, 11) is 0. The van der Waals surface area contributed by atoms with Crippen molar-refractivity contribution < 1.29 is 9.84 Å². The van der Waals surface area contributed by atoms with Gasteiger partial charge in [0, 0.05) is 0 Å². The molecule has 2 aromatic heterocycles. The largest absolute Gasteiger partial charge is 0.494 e. The number of piperidine rings is 1. The van der Waals surface area contributed by atoms with E-state index in [-0.39, 0.29) is 11.9 Å². The first kappa shape index (κ1) is 18.3. The lowest BCUT2D eigenvalue weighted by molar-refractivity contribution is 0.157. The summed E-state index contributed by atoms with van der Waals surface area (Å²) in [6.45, 7) is 8.83. The molecule has 4 rings (SSSR count). The number of likely N-dealkylation sites (tertiary alicyclic amines) is 1. The molecule has 1 saturated heterocycles. The van der Waals surface area contributed by atoms with E-state index in [1.807, 2.05) is 26.0 Å². The second-order valence-electron chi connectivity index (χ2n) is 7.27. The van der Waals surface area contributed by atoms with E-state index < -0.39 is 0 Å². The van der Waals surface area contributed by atoms with Gasteiger partial charge in [-0.15, -0.1) is 5.10 Å². The van der Waals surface area contributed by atoms with Crippen LogP contribution in [0.1, 0.15) is 49.0 Å². The first-order valence-corrected chi connectivity index (χ1v) is 10.4. The predicted molar refractivity (Wildman–Crippen MR) is 107 cm³/mol. The molecule has 27 heavy (non-hydrogen) atoms. The zero-order chi connectivity index (χ0) is 19.0. The maximum Gasteiger partial charge on any atom is 0.230 e. The van der Waals surface area contributed by atoms with Crippen LogP contribution in [0.3, 0.4) is 0 Å². The topological polar surface area (TPSA) is 62.9 Å². The average Bonchev–Trinajstić information content (AvgIpc) is 3.16. The Morgan fingerprint density at radius 1 is 1.26 bits per heavy atom. The Bertz CT molecular complexity index is 910. The minimum Gasteiger partial charge on any atom is -0.494 e. The van der Waals surface area contributed by atoms with Crippen molar-refractivity contribution in [3.8, 4) is 11.6 Å². The summed E-state index contributed by atoms with van der Waals surface area (Å²) in [5, 5.41) is 15.2. The molecule has 0 radical (unpaired) electrons. The van der Waals surface area contributed by atoms with Gasteiger partial charge in [-0.05, 0) is 63.4 Å². The first-order chi connectivity index (χ1) is 13.1. The number of benzene rings is 1. The van der Waals surface area contributed by atoms with E-state index in [0.717, 1.165) is 40.2 Å². The number of nitrogens with zero attached hydrogens (tertiary/aromatic N) is 4. The van der Waals surface area contributed by atoms with Crippen LogP contribution in [0.4, 0.5) is 0 Å². The maximum absolute atomic E-state index is 10.9. The highest BCUT2D eigenvalue weighted by Gasteiger charge is 2.31. The van der Waals surface area contributed by atoms with E-state index in [2.05, 4.69) is 34.0 Å². The second-order valence-corrected chi connectivity index (χ2v) is 8.28. The molecule has 144 valence electrons. The molecule has 1 aliphatic rings. The molecule has 0 spiro atoms. The van der Waals surface area contributed by atoms with Crippen LogP contribution in [-0.4, -0.2) is 44.3 Å². The number of aryl methyl sites for hydroxylation is 1. The molecule has 3 heterocycles. The van der Waals surface area contributed by atoms with Crippen LogP contribution < -0.4 is 4.74 Å². The molecular weight excluding hydrogens is 360 g/mol. The van der Waals surface area contributed by atoms with Crippen LogP contribution in [0, 0.1) is 12.8 Å². The third kappa shape index (κ3) is 3.53. The van der Waals surface area contributed by atoms with Crippen LogP contribution in [0.5, 0.6) is 11.6 Å². The number of fused-ring (bicyclic) bond motifs is 1. The highest BCUT2D eigenvalue weighted by molar-refractivity contribution is 7.17. The molecule has 0 aliphatic carbocycles. The monoisotopic (exact) mass is 386 g/mol. The Morgan fingerprint density at radius 2 is 1.96 bits per heavy atom. The lowest BCUT2D eigenvalue weighted by Crippen LogP contribution is -2.36. The summed E-state index contributed by atoms with van der Waals surface area (Å²) in [5.41, 5.74) is 1.16. The molecule has 3 aromatic rings. The summed E-state index contributed by atoms with van der Waals surface area (Å²) in [5.74, 6) is 2.50. The Labute approximate surface area is 163 Å². The van der Waals surface area contributed by atoms with Crippen LogP contribution >= 0.6 is 11.3 Å². The number of aromatic hydroxyl groups is 1. The molecule has 1 aliphatic heterocycles. The molecule has 6 nitrogen and oxygen atoms in total. The smallest absolute Gasteiger partial charge is 0.230 e. The zero-order valence-corrected chi connectivity index (χ0v) is 16.9. The van der Waals surface area contributed by atoms with Crippen molar-refractivity contribution >= 4 is 16.3 Å². The Hall–Kier alpha value is -2.12. The van der Waals surface area contributed by atoms with Crippen LogP contribution in [0.25, 0.3) is 4.96 Å². The first-order valence-electron chi connectivity index (χ1n) is 9.58. The summed E-state index contributed by atoms with van der Waals surface area (Å²) in [6, 6.07) is 8.23. The SMILES string of the molecule is CCOc1ccc([C@@H](c2sc3nc(C)nn3c2O)N2CCC(C)CC2)cc1. The minimum absolute atomic E-state index is 0.00184. The molecule has 7 heteroatoms. The summed E-state index contributed by atoms with van der Waals surface area (Å²) >= 11 is 1.52. The Kier molecular flexibility index (Phi) is 5.06.